The molecule has 0 atom stereocenters. The first-order valence-electron chi connectivity index (χ1n) is 7.84. The number of rotatable bonds is 4. The zero-order valence-corrected chi connectivity index (χ0v) is 13.5. The van der Waals surface area contributed by atoms with Crippen LogP contribution in [-0.4, -0.2) is 58.1 Å². The molecule has 8 nitrogen and oxygen atoms in total. The number of aromatic nitrogens is 3. The number of piperidine rings is 1. The fraction of sp³-hybridized carbons (Fsp3) is 0.375. The molecule has 0 bridgehead atoms. The Kier molecular flexibility index (Phi) is 4.57. The third-order valence-electron chi connectivity index (χ3n) is 4.14. The minimum Gasteiger partial charge on any atom is -0.348 e. The van der Waals surface area contributed by atoms with Gasteiger partial charge in [-0.1, -0.05) is 6.58 Å². The second-order valence-corrected chi connectivity index (χ2v) is 5.94. The maximum atomic E-state index is 12.5. The number of amides is 2. The number of nitrogens with one attached hydrogen (secondary N) is 3. The predicted octanol–water partition coefficient (Wildman–Crippen LogP) is 0.906. The highest BCUT2D eigenvalue weighted by atomic mass is 16.2. The van der Waals surface area contributed by atoms with Crippen LogP contribution in [0.1, 0.15) is 23.3 Å². The molecule has 0 unspecified atom stereocenters. The fourth-order valence-electron chi connectivity index (χ4n) is 2.74. The first kappa shape index (κ1) is 16.1. The smallest absolute Gasteiger partial charge is 0.270 e. The largest absolute Gasteiger partial charge is 0.348 e. The van der Waals surface area contributed by atoms with Crippen molar-refractivity contribution in [2.45, 2.75) is 18.9 Å². The molecule has 0 radical (unpaired) electrons. The van der Waals surface area contributed by atoms with Crippen LogP contribution >= 0.6 is 0 Å². The molecule has 0 aromatic carbocycles. The first-order valence-corrected chi connectivity index (χ1v) is 7.84. The molecule has 3 rings (SSSR count). The third kappa shape index (κ3) is 3.43. The quantitative estimate of drug-likeness (QED) is 0.724. The molecule has 1 aliphatic heterocycles. The highest BCUT2D eigenvalue weighted by molar-refractivity contribution is 6.06. The van der Waals surface area contributed by atoms with E-state index in [0.29, 0.717) is 22.4 Å². The van der Waals surface area contributed by atoms with E-state index in [-0.39, 0.29) is 17.9 Å². The molecule has 1 aliphatic rings. The number of nitrogens with zero attached hydrogens (tertiary/aromatic N) is 3. The van der Waals surface area contributed by atoms with Crippen LogP contribution < -0.4 is 10.6 Å². The van der Waals surface area contributed by atoms with Crippen molar-refractivity contribution in [3.05, 3.63) is 30.6 Å². The second-order valence-electron chi connectivity index (χ2n) is 5.94. The number of aromatic amines is 1. The fourth-order valence-corrected chi connectivity index (χ4v) is 2.74. The van der Waals surface area contributed by atoms with Gasteiger partial charge in [0.15, 0.2) is 5.65 Å². The lowest BCUT2D eigenvalue weighted by atomic mass is 10.1. The molecule has 2 aromatic heterocycles. The van der Waals surface area contributed by atoms with Gasteiger partial charge in [-0.05, 0) is 45.1 Å². The van der Waals surface area contributed by atoms with Gasteiger partial charge in [-0.25, -0.2) is 4.98 Å². The van der Waals surface area contributed by atoms with E-state index in [4.69, 9.17) is 0 Å². The monoisotopic (exact) mass is 328 g/mol. The van der Waals surface area contributed by atoms with E-state index in [0.717, 1.165) is 25.9 Å². The van der Waals surface area contributed by atoms with Gasteiger partial charge in [0.2, 0.25) is 5.91 Å². The zero-order chi connectivity index (χ0) is 17.1. The maximum Gasteiger partial charge on any atom is 0.270 e. The summed E-state index contributed by atoms with van der Waals surface area (Å²) < 4.78 is 0. The van der Waals surface area contributed by atoms with E-state index in [1.807, 2.05) is 0 Å². The molecule has 1 fully saturated rings. The zero-order valence-electron chi connectivity index (χ0n) is 13.5. The summed E-state index contributed by atoms with van der Waals surface area (Å²) >= 11 is 0. The van der Waals surface area contributed by atoms with Crippen molar-refractivity contribution in [1.29, 1.82) is 0 Å². The molecule has 0 saturated carbocycles. The van der Waals surface area contributed by atoms with E-state index in [1.54, 1.807) is 6.07 Å². The average Bonchev–Trinajstić information content (AvgIpc) is 3.00. The lowest BCUT2D eigenvalue weighted by Gasteiger charge is -2.29. The molecule has 3 N–H and O–H groups in total. The minimum absolute atomic E-state index is 0.156. The van der Waals surface area contributed by atoms with Gasteiger partial charge in [0.1, 0.15) is 5.69 Å². The van der Waals surface area contributed by atoms with Crippen LogP contribution in [0.15, 0.2) is 24.9 Å². The molecule has 8 heteroatoms. The van der Waals surface area contributed by atoms with Crippen molar-refractivity contribution in [2.75, 3.05) is 25.5 Å². The number of fused-ring (bicyclic) bond motifs is 1. The van der Waals surface area contributed by atoms with Crippen LogP contribution in [0.3, 0.4) is 0 Å². The Morgan fingerprint density at radius 3 is 2.88 bits per heavy atom. The lowest BCUT2D eigenvalue weighted by Crippen LogP contribution is -2.43. The van der Waals surface area contributed by atoms with Gasteiger partial charge in [-0.15, -0.1) is 0 Å². The Balaban J connectivity index is 1.78. The van der Waals surface area contributed by atoms with Crippen molar-refractivity contribution in [3.63, 3.8) is 0 Å². The Morgan fingerprint density at radius 1 is 1.42 bits per heavy atom. The van der Waals surface area contributed by atoms with E-state index < -0.39 is 0 Å². The normalized spacial score (nSPS) is 16.0. The van der Waals surface area contributed by atoms with Gasteiger partial charge in [0, 0.05) is 6.04 Å². The third-order valence-corrected chi connectivity index (χ3v) is 4.14. The SMILES string of the molecule is C=CC(=O)Nc1cnc2n[nH]c(C(=O)NC3CCN(C)CC3)c2c1. The van der Waals surface area contributed by atoms with Gasteiger partial charge < -0.3 is 15.5 Å². The molecule has 3 heterocycles. The highest BCUT2D eigenvalue weighted by Crippen LogP contribution is 2.19. The Morgan fingerprint density at radius 2 is 2.17 bits per heavy atom. The number of carbonyl (C=O) groups is 2. The average molecular weight is 328 g/mol. The second kappa shape index (κ2) is 6.79. The van der Waals surface area contributed by atoms with E-state index in [1.165, 1.54) is 12.3 Å². The van der Waals surface area contributed by atoms with Crippen LogP contribution in [0.4, 0.5) is 5.69 Å². The van der Waals surface area contributed by atoms with Crippen LogP contribution in [0.2, 0.25) is 0 Å². The summed E-state index contributed by atoms with van der Waals surface area (Å²) in [5.74, 6) is -0.543. The van der Waals surface area contributed by atoms with Crippen LogP contribution in [-0.2, 0) is 4.79 Å². The van der Waals surface area contributed by atoms with Crippen molar-refractivity contribution in [1.82, 2.24) is 25.4 Å². The molecule has 24 heavy (non-hydrogen) atoms. The van der Waals surface area contributed by atoms with Crippen LogP contribution in [0, 0.1) is 0 Å². The number of carbonyl (C=O) groups excluding carboxylic acids is 2. The van der Waals surface area contributed by atoms with Crippen LogP contribution in [0.25, 0.3) is 11.0 Å². The predicted molar refractivity (Wildman–Crippen MR) is 90.7 cm³/mol. The van der Waals surface area contributed by atoms with Crippen molar-refractivity contribution in [3.8, 4) is 0 Å². The van der Waals surface area contributed by atoms with E-state index in [9.17, 15) is 9.59 Å². The molecule has 1 saturated heterocycles. The Labute approximate surface area is 139 Å². The number of pyridine rings is 1. The summed E-state index contributed by atoms with van der Waals surface area (Å²) in [5, 5.41) is 13.0. The Hall–Kier alpha value is -2.74. The molecule has 0 spiro atoms. The lowest BCUT2D eigenvalue weighted by molar-refractivity contribution is -0.111. The maximum absolute atomic E-state index is 12.5. The summed E-state index contributed by atoms with van der Waals surface area (Å²) in [6.07, 6.45) is 4.51. The molecule has 126 valence electrons. The molecular formula is C16H20N6O2. The molecule has 2 amide bonds. The molecular weight excluding hydrogens is 308 g/mol. The van der Waals surface area contributed by atoms with Gasteiger partial charge in [-0.3, -0.25) is 14.7 Å². The standard InChI is InChI=1S/C16H20N6O2/c1-3-13(23)18-11-8-12-14(20-21-15(12)17-9-11)16(24)19-10-4-6-22(2)7-5-10/h3,8-10H,1,4-7H2,2H3,(H,18,23)(H,19,24)(H,17,20,21). The summed E-state index contributed by atoms with van der Waals surface area (Å²) in [6.45, 7) is 5.34. The van der Waals surface area contributed by atoms with E-state index in [2.05, 4.69) is 44.3 Å². The number of H-pyrrole nitrogens is 1. The summed E-state index contributed by atoms with van der Waals surface area (Å²) in [7, 11) is 2.07. The molecule has 0 aliphatic carbocycles. The number of hydrogen-bond donors (Lipinski definition) is 3. The number of anilines is 1. The van der Waals surface area contributed by atoms with Gasteiger partial charge in [-0.2, -0.15) is 5.10 Å². The summed E-state index contributed by atoms with van der Waals surface area (Å²) in [5.41, 5.74) is 1.27. The minimum atomic E-state index is -0.336. The van der Waals surface area contributed by atoms with E-state index >= 15 is 0 Å². The number of likely N-dealkylation sites (tertiary alicyclic amines) is 1. The van der Waals surface area contributed by atoms with Gasteiger partial charge >= 0.3 is 0 Å². The van der Waals surface area contributed by atoms with Gasteiger partial charge in [0.05, 0.1) is 17.3 Å². The van der Waals surface area contributed by atoms with Crippen molar-refractivity contribution >= 4 is 28.5 Å². The molecule has 2 aromatic rings. The van der Waals surface area contributed by atoms with Crippen molar-refractivity contribution in [2.24, 2.45) is 0 Å². The van der Waals surface area contributed by atoms with Gasteiger partial charge in [0.25, 0.3) is 5.91 Å². The van der Waals surface area contributed by atoms with Crippen LogP contribution in [0.5, 0.6) is 0 Å². The summed E-state index contributed by atoms with van der Waals surface area (Å²) in [6, 6.07) is 1.83. The first-order chi connectivity index (χ1) is 11.6. The Bertz CT molecular complexity index is 776. The number of hydrogen-bond acceptors (Lipinski definition) is 5. The van der Waals surface area contributed by atoms with Crippen molar-refractivity contribution < 1.29 is 9.59 Å². The topological polar surface area (TPSA) is 103 Å². The summed E-state index contributed by atoms with van der Waals surface area (Å²) in [4.78, 5) is 30.3. The highest BCUT2D eigenvalue weighted by Gasteiger charge is 2.21.